The summed E-state index contributed by atoms with van der Waals surface area (Å²) in [6, 6.07) is 12.6. The Morgan fingerprint density at radius 3 is 2.39 bits per heavy atom. The fourth-order valence-corrected chi connectivity index (χ4v) is 4.06. The first-order chi connectivity index (χ1) is 13.5. The van der Waals surface area contributed by atoms with Crippen molar-refractivity contribution in [3.8, 4) is 11.8 Å². The van der Waals surface area contributed by atoms with Gasteiger partial charge in [0.1, 0.15) is 17.5 Å². The first-order valence-corrected chi connectivity index (χ1v) is 9.19. The maximum Gasteiger partial charge on any atom is 0.351 e. The first-order valence-electron chi connectivity index (χ1n) is 9.19. The van der Waals surface area contributed by atoms with Crippen LogP contribution in [-0.2, 0) is 11.8 Å². The molecule has 1 atom stereocenters. The van der Waals surface area contributed by atoms with E-state index in [2.05, 4.69) is 11.2 Å². The van der Waals surface area contributed by atoms with E-state index in [1.165, 1.54) is 21.4 Å². The van der Waals surface area contributed by atoms with Crippen molar-refractivity contribution in [3.63, 3.8) is 0 Å². The van der Waals surface area contributed by atoms with E-state index in [-0.39, 0.29) is 11.1 Å². The van der Waals surface area contributed by atoms with Crippen LogP contribution in [0.25, 0.3) is 5.69 Å². The van der Waals surface area contributed by atoms with Crippen LogP contribution in [0.1, 0.15) is 42.3 Å². The highest BCUT2D eigenvalue weighted by atomic mass is 19.1. The quantitative estimate of drug-likeness (QED) is 0.702. The molecule has 1 aliphatic heterocycles. The van der Waals surface area contributed by atoms with Gasteiger partial charge in [-0.15, -0.1) is 5.10 Å². The van der Waals surface area contributed by atoms with Crippen molar-refractivity contribution in [3.05, 3.63) is 81.5 Å². The molecule has 2 aliphatic rings. The normalized spacial score (nSPS) is 19.2. The lowest BCUT2D eigenvalue weighted by Crippen LogP contribution is -2.26. The maximum absolute atomic E-state index is 13.6. The van der Waals surface area contributed by atoms with Gasteiger partial charge in [-0.2, -0.15) is 9.94 Å². The molecule has 7 heteroatoms. The molecule has 1 fully saturated rings. The second-order valence-corrected chi connectivity index (χ2v) is 7.48. The standard InChI is InChI=1S/C21H16F2N4O/c22-15-9-13(10-16(23)11-15)18-5-6-19-25-27(20(28)26(18)19)17-3-1-14(2-4-17)21(12-24)7-8-21/h1-4,9-11,18H,5-8H2/t18-/m0/s1. The number of nitriles is 1. The van der Waals surface area contributed by atoms with Gasteiger partial charge in [0, 0.05) is 12.5 Å². The summed E-state index contributed by atoms with van der Waals surface area (Å²) < 4.78 is 30.1. The van der Waals surface area contributed by atoms with Crippen molar-refractivity contribution in [2.75, 3.05) is 0 Å². The predicted molar refractivity (Wildman–Crippen MR) is 97.2 cm³/mol. The summed E-state index contributed by atoms with van der Waals surface area (Å²) in [6.45, 7) is 0. The molecule has 2 heterocycles. The molecular weight excluding hydrogens is 362 g/mol. The van der Waals surface area contributed by atoms with Gasteiger partial charge in [-0.3, -0.25) is 4.57 Å². The van der Waals surface area contributed by atoms with E-state index in [4.69, 9.17) is 0 Å². The zero-order chi connectivity index (χ0) is 19.5. The minimum Gasteiger partial charge on any atom is -0.271 e. The van der Waals surface area contributed by atoms with E-state index in [0.717, 1.165) is 24.5 Å². The summed E-state index contributed by atoms with van der Waals surface area (Å²) in [5, 5.41) is 13.7. The Bertz CT molecular complexity index is 1160. The zero-order valence-electron chi connectivity index (χ0n) is 14.9. The second-order valence-electron chi connectivity index (χ2n) is 7.48. The van der Waals surface area contributed by atoms with Gasteiger partial charge in [0.15, 0.2) is 0 Å². The summed E-state index contributed by atoms with van der Waals surface area (Å²) >= 11 is 0. The fraction of sp³-hybridized carbons (Fsp3) is 0.286. The second kappa shape index (κ2) is 5.86. The van der Waals surface area contributed by atoms with Crippen molar-refractivity contribution >= 4 is 0 Å². The molecule has 0 bridgehead atoms. The molecule has 0 amide bonds. The minimum atomic E-state index is -0.661. The Kier molecular flexibility index (Phi) is 3.53. The van der Waals surface area contributed by atoms with Gasteiger partial charge in [0.25, 0.3) is 0 Å². The summed E-state index contributed by atoms with van der Waals surface area (Å²) in [4.78, 5) is 13.0. The molecule has 0 unspecified atom stereocenters. The SMILES string of the molecule is N#CC1(c2ccc(-n3nc4n(c3=O)[C@H](c3cc(F)cc(F)c3)CC4)cc2)CC1. The van der Waals surface area contributed by atoms with Crippen LogP contribution < -0.4 is 5.69 Å². The average Bonchev–Trinajstić information content (AvgIpc) is 3.26. The number of rotatable bonds is 3. The monoisotopic (exact) mass is 378 g/mol. The lowest BCUT2D eigenvalue weighted by Gasteiger charge is -2.13. The van der Waals surface area contributed by atoms with Crippen molar-refractivity contribution in [2.24, 2.45) is 0 Å². The van der Waals surface area contributed by atoms with Gasteiger partial charge in [0.2, 0.25) is 0 Å². The smallest absolute Gasteiger partial charge is 0.271 e. The van der Waals surface area contributed by atoms with Gasteiger partial charge in [-0.05, 0) is 54.7 Å². The molecule has 3 aromatic rings. The Balaban J connectivity index is 1.53. The summed E-state index contributed by atoms with van der Waals surface area (Å²) in [5.74, 6) is -0.726. The van der Waals surface area contributed by atoms with E-state index >= 15 is 0 Å². The Morgan fingerprint density at radius 1 is 1.11 bits per heavy atom. The van der Waals surface area contributed by atoms with E-state index in [1.54, 1.807) is 12.1 Å². The number of aryl methyl sites for hydroxylation is 1. The molecule has 0 radical (unpaired) electrons. The highest BCUT2D eigenvalue weighted by molar-refractivity contribution is 5.43. The lowest BCUT2D eigenvalue weighted by molar-refractivity contribution is 0.550. The Hall–Kier alpha value is -3.27. The number of nitrogens with zero attached hydrogens (tertiary/aromatic N) is 4. The van der Waals surface area contributed by atoms with Crippen LogP contribution in [0.15, 0.2) is 47.3 Å². The number of hydrogen-bond donors (Lipinski definition) is 0. The minimum absolute atomic E-state index is 0.337. The molecule has 140 valence electrons. The third-order valence-corrected chi connectivity index (χ3v) is 5.73. The predicted octanol–water partition coefficient (Wildman–Crippen LogP) is 3.40. The highest BCUT2D eigenvalue weighted by Gasteiger charge is 2.44. The molecular formula is C21H16F2N4O. The number of hydrogen-bond acceptors (Lipinski definition) is 3. The highest BCUT2D eigenvalue weighted by Crippen LogP contribution is 2.47. The summed E-state index contributed by atoms with van der Waals surface area (Å²) in [5.41, 5.74) is 1.26. The molecule has 0 N–H and O–H groups in total. The molecule has 5 nitrogen and oxygen atoms in total. The number of benzene rings is 2. The van der Waals surface area contributed by atoms with Crippen molar-refractivity contribution in [2.45, 2.75) is 37.1 Å². The number of aromatic nitrogens is 3. The van der Waals surface area contributed by atoms with Crippen LogP contribution in [-0.4, -0.2) is 14.3 Å². The van der Waals surface area contributed by atoms with Crippen molar-refractivity contribution in [1.82, 2.24) is 14.3 Å². The van der Waals surface area contributed by atoms with Crippen LogP contribution in [0.2, 0.25) is 0 Å². The molecule has 1 aliphatic carbocycles. The number of halogens is 2. The van der Waals surface area contributed by atoms with E-state index in [0.29, 0.717) is 29.9 Å². The Labute approximate surface area is 159 Å². The van der Waals surface area contributed by atoms with Gasteiger partial charge in [-0.25, -0.2) is 13.6 Å². The maximum atomic E-state index is 13.6. The van der Waals surface area contributed by atoms with Crippen LogP contribution in [0.5, 0.6) is 0 Å². The molecule has 1 saturated carbocycles. The summed E-state index contributed by atoms with van der Waals surface area (Å²) in [7, 11) is 0. The number of fused-ring (bicyclic) bond motifs is 1. The molecule has 28 heavy (non-hydrogen) atoms. The average molecular weight is 378 g/mol. The van der Waals surface area contributed by atoms with Gasteiger partial charge in [0.05, 0.1) is 23.2 Å². The fourth-order valence-electron chi connectivity index (χ4n) is 4.06. The van der Waals surface area contributed by atoms with Crippen molar-refractivity contribution in [1.29, 1.82) is 5.26 Å². The molecule has 0 saturated heterocycles. The lowest BCUT2D eigenvalue weighted by atomic mass is 9.98. The van der Waals surface area contributed by atoms with Crippen LogP contribution in [0.4, 0.5) is 8.78 Å². The van der Waals surface area contributed by atoms with E-state index < -0.39 is 17.7 Å². The van der Waals surface area contributed by atoms with E-state index in [1.807, 2.05) is 12.1 Å². The third-order valence-electron chi connectivity index (χ3n) is 5.73. The topological polar surface area (TPSA) is 63.6 Å². The van der Waals surface area contributed by atoms with Crippen LogP contribution in [0, 0.1) is 23.0 Å². The first kappa shape index (κ1) is 16.9. The van der Waals surface area contributed by atoms with Crippen molar-refractivity contribution < 1.29 is 8.78 Å². The largest absolute Gasteiger partial charge is 0.351 e. The third kappa shape index (κ3) is 2.48. The molecule has 2 aromatic carbocycles. The van der Waals surface area contributed by atoms with Gasteiger partial charge < -0.3 is 0 Å². The van der Waals surface area contributed by atoms with Crippen LogP contribution in [0.3, 0.4) is 0 Å². The zero-order valence-corrected chi connectivity index (χ0v) is 14.9. The molecule has 0 spiro atoms. The van der Waals surface area contributed by atoms with Gasteiger partial charge >= 0.3 is 5.69 Å². The molecule has 1 aromatic heterocycles. The molecule has 5 rings (SSSR count). The van der Waals surface area contributed by atoms with E-state index in [9.17, 15) is 18.8 Å². The summed E-state index contributed by atoms with van der Waals surface area (Å²) in [6.07, 6.45) is 2.84. The van der Waals surface area contributed by atoms with Gasteiger partial charge in [-0.1, -0.05) is 12.1 Å². The Morgan fingerprint density at radius 2 is 1.79 bits per heavy atom. The van der Waals surface area contributed by atoms with Crippen LogP contribution >= 0.6 is 0 Å².